The van der Waals surface area contributed by atoms with E-state index in [1.165, 1.54) is 29.7 Å². The fraction of sp³-hybridized carbons (Fsp3) is 0.412. The van der Waals surface area contributed by atoms with Crippen molar-refractivity contribution in [2.24, 2.45) is 0 Å². The van der Waals surface area contributed by atoms with Crippen molar-refractivity contribution in [2.45, 2.75) is 32.9 Å². The number of hydrogen-bond donors (Lipinski definition) is 1. The number of hydrogen-bond acceptors (Lipinski definition) is 3. The summed E-state index contributed by atoms with van der Waals surface area (Å²) in [5, 5.41) is 3.50. The van der Waals surface area contributed by atoms with Crippen LogP contribution in [0.5, 0.6) is 0 Å². The topological polar surface area (TPSA) is 28.4 Å². The standard InChI is InChI=1S/C17H22N2O/c1-2-19(13-15-7-5-11-20-15)12-14-6-3-9-17-16(14)8-4-10-18-17/h3,5-7,9,11,18H,2,4,8,10,12-13H2,1H3. The van der Waals surface area contributed by atoms with E-state index in [1.54, 1.807) is 6.26 Å². The maximum absolute atomic E-state index is 5.46. The highest BCUT2D eigenvalue weighted by molar-refractivity contribution is 5.56. The summed E-state index contributed by atoms with van der Waals surface area (Å²) in [5.41, 5.74) is 4.27. The summed E-state index contributed by atoms with van der Waals surface area (Å²) in [7, 11) is 0. The molecular weight excluding hydrogens is 248 g/mol. The predicted octanol–water partition coefficient (Wildman–Crippen LogP) is 3.66. The zero-order valence-electron chi connectivity index (χ0n) is 12.1. The van der Waals surface area contributed by atoms with Gasteiger partial charge in [0.1, 0.15) is 5.76 Å². The second kappa shape index (κ2) is 6.14. The molecule has 3 rings (SSSR count). The summed E-state index contributed by atoms with van der Waals surface area (Å²) in [6.45, 7) is 6.19. The lowest BCUT2D eigenvalue weighted by molar-refractivity contribution is 0.247. The lowest BCUT2D eigenvalue weighted by Gasteiger charge is -2.25. The van der Waals surface area contributed by atoms with Gasteiger partial charge in [0, 0.05) is 18.8 Å². The third-order valence-electron chi connectivity index (χ3n) is 3.99. The molecule has 0 saturated carbocycles. The fourth-order valence-corrected chi connectivity index (χ4v) is 2.88. The normalized spacial score (nSPS) is 14.1. The Kier molecular flexibility index (Phi) is 4.07. The first kappa shape index (κ1) is 13.3. The van der Waals surface area contributed by atoms with Gasteiger partial charge in [0.25, 0.3) is 0 Å². The van der Waals surface area contributed by atoms with Crippen LogP contribution in [0.25, 0.3) is 0 Å². The molecule has 0 amide bonds. The minimum Gasteiger partial charge on any atom is -0.468 e. The molecule has 2 aromatic rings. The van der Waals surface area contributed by atoms with Gasteiger partial charge in [-0.05, 0) is 48.7 Å². The molecule has 3 nitrogen and oxygen atoms in total. The van der Waals surface area contributed by atoms with Gasteiger partial charge >= 0.3 is 0 Å². The lowest BCUT2D eigenvalue weighted by Crippen LogP contribution is -2.24. The van der Waals surface area contributed by atoms with Crippen LogP contribution < -0.4 is 5.32 Å². The molecule has 0 atom stereocenters. The molecule has 0 radical (unpaired) electrons. The van der Waals surface area contributed by atoms with E-state index in [2.05, 4.69) is 35.3 Å². The van der Waals surface area contributed by atoms with Crippen molar-refractivity contribution in [3.05, 3.63) is 53.5 Å². The Hall–Kier alpha value is -1.74. The van der Waals surface area contributed by atoms with E-state index in [0.717, 1.165) is 31.9 Å². The summed E-state index contributed by atoms with van der Waals surface area (Å²) < 4.78 is 5.46. The van der Waals surface area contributed by atoms with E-state index in [-0.39, 0.29) is 0 Å². The second-order valence-electron chi connectivity index (χ2n) is 5.36. The van der Waals surface area contributed by atoms with Crippen molar-refractivity contribution in [1.82, 2.24) is 4.90 Å². The Morgan fingerprint density at radius 3 is 2.95 bits per heavy atom. The molecule has 0 saturated heterocycles. The molecule has 0 bridgehead atoms. The number of furan rings is 1. The van der Waals surface area contributed by atoms with Gasteiger partial charge in [-0.15, -0.1) is 0 Å². The monoisotopic (exact) mass is 270 g/mol. The van der Waals surface area contributed by atoms with Gasteiger partial charge in [-0.3, -0.25) is 4.90 Å². The first-order chi connectivity index (χ1) is 9.86. The van der Waals surface area contributed by atoms with E-state index in [9.17, 15) is 0 Å². The Morgan fingerprint density at radius 1 is 1.20 bits per heavy atom. The maximum atomic E-state index is 5.46. The minimum absolute atomic E-state index is 0.876. The molecule has 3 heteroatoms. The Labute approximate surface area is 120 Å². The van der Waals surface area contributed by atoms with Crippen LogP contribution in [-0.2, 0) is 19.5 Å². The van der Waals surface area contributed by atoms with Crippen LogP contribution >= 0.6 is 0 Å². The van der Waals surface area contributed by atoms with Gasteiger partial charge in [-0.2, -0.15) is 0 Å². The molecular formula is C17H22N2O. The van der Waals surface area contributed by atoms with E-state index in [4.69, 9.17) is 4.42 Å². The molecule has 1 aliphatic rings. The highest BCUT2D eigenvalue weighted by atomic mass is 16.3. The average Bonchev–Trinajstić information content (AvgIpc) is 3.00. The van der Waals surface area contributed by atoms with Gasteiger partial charge in [0.2, 0.25) is 0 Å². The third-order valence-corrected chi connectivity index (χ3v) is 3.99. The van der Waals surface area contributed by atoms with Crippen LogP contribution in [0.4, 0.5) is 5.69 Å². The maximum Gasteiger partial charge on any atom is 0.117 e. The first-order valence-electron chi connectivity index (χ1n) is 7.46. The number of benzene rings is 1. The van der Waals surface area contributed by atoms with Crippen molar-refractivity contribution in [3.63, 3.8) is 0 Å². The van der Waals surface area contributed by atoms with Crippen molar-refractivity contribution >= 4 is 5.69 Å². The second-order valence-corrected chi connectivity index (χ2v) is 5.36. The molecule has 20 heavy (non-hydrogen) atoms. The number of nitrogens with zero attached hydrogens (tertiary/aromatic N) is 1. The van der Waals surface area contributed by atoms with Crippen LogP contribution in [-0.4, -0.2) is 18.0 Å². The Morgan fingerprint density at radius 2 is 2.15 bits per heavy atom. The number of fused-ring (bicyclic) bond motifs is 1. The Bertz CT molecular complexity index is 548. The largest absolute Gasteiger partial charge is 0.468 e. The van der Waals surface area contributed by atoms with Gasteiger partial charge in [-0.25, -0.2) is 0 Å². The lowest BCUT2D eigenvalue weighted by atomic mass is 9.97. The van der Waals surface area contributed by atoms with Gasteiger partial charge in [0.15, 0.2) is 0 Å². The summed E-state index contributed by atoms with van der Waals surface area (Å²) in [4.78, 5) is 2.42. The molecule has 1 aromatic heterocycles. The summed E-state index contributed by atoms with van der Waals surface area (Å²) >= 11 is 0. The number of nitrogens with one attached hydrogen (secondary N) is 1. The Balaban J connectivity index is 1.75. The average molecular weight is 270 g/mol. The van der Waals surface area contributed by atoms with Crippen LogP contribution in [0.3, 0.4) is 0 Å². The van der Waals surface area contributed by atoms with E-state index in [0.29, 0.717) is 0 Å². The molecule has 0 spiro atoms. The molecule has 2 heterocycles. The zero-order valence-corrected chi connectivity index (χ0v) is 12.1. The van der Waals surface area contributed by atoms with E-state index in [1.807, 2.05) is 12.1 Å². The van der Waals surface area contributed by atoms with Gasteiger partial charge in [-0.1, -0.05) is 19.1 Å². The summed E-state index contributed by atoms with van der Waals surface area (Å²) in [6.07, 6.45) is 4.17. The van der Waals surface area contributed by atoms with Crippen molar-refractivity contribution in [3.8, 4) is 0 Å². The summed E-state index contributed by atoms with van der Waals surface area (Å²) in [5.74, 6) is 1.04. The van der Waals surface area contributed by atoms with E-state index < -0.39 is 0 Å². The van der Waals surface area contributed by atoms with E-state index >= 15 is 0 Å². The smallest absolute Gasteiger partial charge is 0.117 e. The van der Waals surface area contributed by atoms with Gasteiger partial charge < -0.3 is 9.73 Å². The van der Waals surface area contributed by atoms with Crippen molar-refractivity contribution < 1.29 is 4.42 Å². The molecule has 1 aromatic carbocycles. The molecule has 1 N–H and O–H groups in total. The molecule has 1 aliphatic heterocycles. The zero-order chi connectivity index (χ0) is 13.8. The SMILES string of the molecule is CCN(Cc1ccco1)Cc1cccc2c1CCCN2. The third kappa shape index (κ3) is 2.88. The first-order valence-corrected chi connectivity index (χ1v) is 7.46. The summed E-state index contributed by atoms with van der Waals surface area (Å²) in [6, 6.07) is 10.6. The van der Waals surface area contributed by atoms with Crippen LogP contribution in [0, 0.1) is 0 Å². The van der Waals surface area contributed by atoms with Crippen LogP contribution in [0.2, 0.25) is 0 Å². The van der Waals surface area contributed by atoms with Crippen LogP contribution in [0.1, 0.15) is 30.2 Å². The molecule has 0 aliphatic carbocycles. The highest BCUT2D eigenvalue weighted by Crippen LogP contribution is 2.26. The molecule has 106 valence electrons. The quantitative estimate of drug-likeness (QED) is 0.898. The fourth-order valence-electron chi connectivity index (χ4n) is 2.88. The molecule has 0 fully saturated rings. The number of rotatable bonds is 5. The van der Waals surface area contributed by atoms with Crippen molar-refractivity contribution in [2.75, 3.05) is 18.4 Å². The number of anilines is 1. The molecule has 0 unspecified atom stereocenters. The minimum atomic E-state index is 0.876. The predicted molar refractivity (Wildman–Crippen MR) is 81.7 cm³/mol. The van der Waals surface area contributed by atoms with Crippen LogP contribution in [0.15, 0.2) is 41.0 Å². The van der Waals surface area contributed by atoms with Gasteiger partial charge in [0.05, 0.1) is 12.8 Å². The van der Waals surface area contributed by atoms with Crippen molar-refractivity contribution in [1.29, 1.82) is 0 Å². The highest BCUT2D eigenvalue weighted by Gasteiger charge is 2.14.